The van der Waals surface area contributed by atoms with E-state index in [0.717, 1.165) is 47.0 Å². The topological polar surface area (TPSA) is 81.0 Å². The van der Waals surface area contributed by atoms with Crippen LogP contribution in [0.3, 0.4) is 0 Å². The first kappa shape index (κ1) is 24.8. The molecule has 34 heavy (non-hydrogen) atoms. The molecule has 0 radical (unpaired) electrons. The summed E-state index contributed by atoms with van der Waals surface area (Å²) >= 11 is 1.47. The minimum Gasteiger partial charge on any atom is -0.383 e. The summed E-state index contributed by atoms with van der Waals surface area (Å²) in [6.07, 6.45) is 3.88. The number of rotatable bonds is 6. The number of fused-ring (bicyclic) bond motifs is 1. The van der Waals surface area contributed by atoms with Gasteiger partial charge in [-0.2, -0.15) is 9.30 Å². The lowest BCUT2D eigenvalue weighted by Gasteiger charge is -2.19. The van der Waals surface area contributed by atoms with Crippen LogP contribution in [0.15, 0.2) is 46.3 Å². The molecular weight excluding hydrogens is 470 g/mol. The van der Waals surface area contributed by atoms with Gasteiger partial charge in [0.15, 0.2) is 4.80 Å². The lowest BCUT2D eigenvalue weighted by molar-refractivity contribution is 0.0997. The van der Waals surface area contributed by atoms with Crippen molar-refractivity contribution in [3.63, 3.8) is 0 Å². The highest BCUT2D eigenvalue weighted by Crippen LogP contribution is 2.24. The van der Waals surface area contributed by atoms with Gasteiger partial charge in [-0.1, -0.05) is 30.2 Å². The van der Waals surface area contributed by atoms with E-state index in [0.29, 0.717) is 36.6 Å². The minimum absolute atomic E-state index is 0.217. The Morgan fingerprint density at radius 2 is 1.74 bits per heavy atom. The summed E-state index contributed by atoms with van der Waals surface area (Å²) in [5, 5.41) is 0. The number of aromatic nitrogens is 1. The van der Waals surface area contributed by atoms with Gasteiger partial charge in [0.1, 0.15) is 0 Å². The number of carbonyl (C=O) groups is 1. The molecule has 0 N–H and O–H groups in total. The van der Waals surface area contributed by atoms with E-state index in [1.165, 1.54) is 23.5 Å². The van der Waals surface area contributed by atoms with Crippen LogP contribution in [-0.4, -0.2) is 50.0 Å². The number of sulfonamides is 1. The number of hydrogen-bond acceptors (Lipinski definition) is 5. The van der Waals surface area contributed by atoms with Gasteiger partial charge in [0.2, 0.25) is 10.0 Å². The van der Waals surface area contributed by atoms with E-state index in [-0.39, 0.29) is 4.90 Å². The van der Waals surface area contributed by atoms with Crippen molar-refractivity contribution in [1.29, 1.82) is 0 Å². The quantitative estimate of drug-likeness (QED) is 0.505. The lowest BCUT2D eigenvalue weighted by atomic mass is 10.1. The molecule has 1 saturated heterocycles. The van der Waals surface area contributed by atoms with Crippen molar-refractivity contribution in [2.24, 2.45) is 4.99 Å². The largest absolute Gasteiger partial charge is 0.383 e. The molecule has 0 saturated carbocycles. The van der Waals surface area contributed by atoms with Crippen molar-refractivity contribution in [2.75, 3.05) is 26.8 Å². The van der Waals surface area contributed by atoms with Crippen molar-refractivity contribution < 1.29 is 17.9 Å². The zero-order valence-electron chi connectivity index (χ0n) is 19.9. The third kappa shape index (κ3) is 5.17. The highest BCUT2D eigenvalue weighted by molar-refractivity contribution is 7.89. The van der Waals surface area contributed by atoms with Crippen LogP contribution in [0.4, 0.5) is 0 Å². The molecule has 1 amide bonds. The summed E-state index contributed by atoms with van der Waals surface area (Å²) in [7, 11) is -1.91. The maximum atomic E-state index is 13.0. The van der Waals surface area contributed by atoms with Crippen LogP contribution in [-0.2, 0) is 21.3 Å². The highest BCUT2D eigenvalue weighted by Gasteiger charge is 2.25. The molecule has 0 spiro atoms. The Hall–Kier alpha value is -2.33. The number of nitrogens with zero attached hydrogens (tertiary/aromatic N) is 3. The number of thiazole rings is 1. The zero-order chi connectivity index (χ0) is 24.3. The second-order valence-electron chi connectivity index (χ2n) is 8.72. The number of amides is 1. The Balaban J connectivity index is 1.66. The maximum Gasteiger partial charge on any atom is 0.279 e. The zero-order valence-corrected chi connectivity index (χ0v) is 21.5. The first-order chi connectivity index (χ1) is 16.3. The molecule has 7 nitrogen and oxygen atoms in total. The molecule has 0 aliphatic carbocycles. The molecule has 0 atom stereocenters. The van der Waals surface area contributed by atoms with Crippen molar-refractivity contribution in [3.8, 4) is 0 Å². The molecule has 9 heteroatoms. The monoisotopic (exact) mass is 501 g/mol. The second kappa shape index (κ2) is 10.5. The van der Waals surface area contributed by atoms with Gasteiger partial charge in [0.05, 0.1) is 21.7 Å². The van der Waals surface area contributed by atoms with Gasteiger partial charge in [-0.25, -0.2) is 8.42 Å². The summed E-state index contributed by atoms with van der Waals surface area (Å²) in [4.78, 5) is 18.2. The highest BCUT2D eigenvalue weighted by atomic mass is 32.2. The predicted molar refractivity (Wildman–Crippen MR) is 135 cm³/mol. The number of aryl methyl sites for hydroxylation is 2. The molecule has 0 unspecified atom stereocenters. The molecule has 1 fully saturated rings. The third-order valence-corrected chi connectivity index (χ3v) is 9.07. The average Bonchev–Trinajstić information content (AvgIpc) is 2.97. The molecule has 2 heterocycles. The van der Waals surface area contributed by atoms with E-state index in [9.17, 15) is 13.2 Å². The Morgan fingerprint density at radius 1 is 1.06 bits per heavy atom. The number of hydrogen-bond donors (Lipinski definition) is 0. The van der Waals surface area contributed by atoms with Gasteiger partial charge in [0, 0.05) is 32.3 Å². The lowest BCUT2D eigenvalue weighted by Crippen LogP contribution is -2.31. The fourth-order valence-corrected chi connectivity index (χ4v) is 7.17. The third-order valence-electron chi connectivity index (χ3n) is 6.13. The van der Waals surface area contributed by atoms with Crippen LogP contribution in [0, 0.1) is 13.8 Å². The van der Waals surface area contributed by atoms with Crippen LogP contribution in [0.1, 0.15) is 47.2 Å². The summed E-state index contributed by atoms with van der Waals surface area (Å²) in [6, 6.07) is 10.4. The Labute approximate surface area is 204 Å². The van der Waals surface area contributed by atoms with Gasteiger partial charge in [0.25, 0.3) is 5.91 Å². The Kier molecular flexibility index (Phi) is 7.67. The number of methoxy groups -OCH3 is 1. The SMILES string of the molecule is COCCn1c(=NC(=O)c2ccc(S(=O)(=O)N3CCCCCC3)cc2)sc2cc(C)cc(C)c21. The smallest absolute Gasteiger partial charge is 0.279 e. The van der Waals surface area contributed by atoms with Crippen molar-refractivity contribution in [3.05, 3.63) is 57.9 Å². The van der Waals surface area contributed by atoms with Crippen LogP contribution >= 0.6 is 11.3 Å². The number of benzene rings is 2. The standard InChI is InChI=1S/C25H31N3O4S2/c1-18-16-19(2)23-22(17-18)33-25(28(23)14-15-32-3)26-24(29)20-8-10-21(11-9-20)34(30,31)27-12-6-4-5-7-13-27/h8-11,16-17H,4-7,12-15H2,1-3H3. The van der Waals surface area contributed by atoms with E-state index in [2.05, 4.69) is 31.0 Å². The first-order valence-electron chi connectivity index (χ1n) is 11.6. The van der Waals surface area contributed by atoms with Gasteiger partial charge in [-0.15, -0.1) is 0 Å². The molecular formula is C25H31N3O4S2. The average molecular weight is 502 g/mol. The van der Waals surface area contributed by atoms with Crippen LogP contribution in [0.5, 0.6) is 0 Å². The molecule has 4 rings (SSSR count). The van der Waals surface area contributed by atoms with Crippen molar-refractivity contribution in [2.45, 2.75) is 51.0 Å². The van der Waals surface area contributed by atoms with E-state index < -0.39 is 15.9 Å². The Morgan fingerprint density at radius 3 is 2.38 bits per heavy atom. The summed E-state index contributed by atoms with van der Waals surface area (Å²) < 4.78 is 36.0. The maximum absolute atomic E-state index is 13.0. The normalized spacial score (nSPS) is 16.1. The van der Waals surface area contributed by atoms with Crippen molar-refractivity contribution >= 4 is 37.5 Å². The fourth-order valence-electron chi connectivity index (χ4n) is 4.42. The van der Waals surface area contributed by atoms with E-state index in [4.69, 9.17) is 4.74 Å². The van der Waals surface area contributed by atoms with E-state index >= 15 is 0 Å². The number of carbonyl (C=O) groups excluding carboxylic acids is 1. The molecule has 1 aromatic heterocycles. The van der Waals surface area contributed by atoms with E-state index in [1.807, 2.05) is 4.57 Å². The Bertz CT molecular complexity index is 1350. The van der Waals surface area contributed by atoms with Crippen LogP contribution < -0.4 is 4.80 Å². The molecule has 1 aliphatic rings. The van der Waals surface area contributed by atoms with Crippen molar-refractivity contribution in [1.82, 2.24) is 8.87 Å². The first-order valence-corrected chi connectivity index (χ1v) is 13.9. The molecule has 182 valence electrons. The summed E-state index contributed by atoms with van der Waals surface area (Å²) in [5.41, 5.74) is 3.69. The minimum atomic E-state index is -3.55. The molecule has 2 aromatic carbocycles. The van der Waals surface area contributed by atoms with Gasteiger partial charge in [-0.05, 0) is 68.1 Å². The fraction of sp³-hybridized carbons (Fsp3) is 0.440. The van der Waals surface area contributed by atoms with Crippen LogP contribution in [0.25, 0.3) is 10.2 Å². The summed E-state index contributed by atoms with van der Waals surface area (Å²) in [6.45, 7) is 6.29. The van der Waals surface area contributed by atoms with Gasteiger partial charge < -0.3 is 9.30 Å². The number of ether oxygens (including phenoxy) is 1. The summed E-state index contributed by atoms with van der Waals surface area (Å²) in [5.74, 6) is -0.397. The predicted octanol–water partition coefficient (Wildman–Crippen LogP) is 4.27. The molecule has 0 bridgehead atoms. The van der Waals surface area contributed by atoms with Crippen LogP contribution in [0.2, 0.25) is 0 Å². The second-order valence-corrected chi connectivity index (χ2v) is 11.7. The van der Waals surface area contributed by atoms with Gasteiger partial charge >= 0.3 is 0 Å². The molecule has 1 aliphatic heterocycles. The van der Waals surface area contributed by atoms with E-state index in [1.54, 1.807) is 23.5 Å². The molecule has 3 aromatic rings. The van der Waals surface area contributed by atoms with Gasteiger partial charge in [-0.3, -0.25) is 4.79 Å².